The Labute approximate surface area is 116 Å². The van der Waals surface area contributed by atoms with Gasteiger partial charge in [-0.05, 0) is 43.5 Å². The molecule has 0 bridgehead atoms. The number of nitrogens with two attached hydrogens (primary N) is 1. The zero-order valence-corrected chi connectivity index (χ0v) is 11.1. The molecule has 2 rings (SSSR count). The van der Waals surface area contributed by atoms with Crippen LogP contribution in [0.2, 0.25) is 0 Å². The fraction of sp³-hybridized carbons (Fsp3) is 0.500. The van der Waals surface area contributed by atoms with E-state index >= 15 is 0 Å². The second-order valence-electron chi connectivity index (χ2n) is 4.87. The lowest BCUT2D eigenvalue weighted by molar-refractivity contribution is -0.121. The molecule has 1 aromatic rings. The van der Waals surface area contributed by atoms with E-state index in [1.165, 1.54) is 12.1 Å². The van der Waals surface area contributed by atoms with Crippen LogP contribution in [-0.4, -0.2) is 25.1 Å². The fourth-order valence-electron chi connectivity index (χ4n) is 1.83. The van der Waals surface area contributed by atoms with Crippen LogP contribution in [0.4, 0.5) is 8.78 Å². The third-order valence-corrected chi connectivity index (χ3v) is 3.01. The molecule has 0 spiro atoms. The Hall–Kier alpha value is -1.69. The summed E-state index contributed by atoms with van der Waals surface area (Å²) in [6, 6.07) is 2.68. The smallest absolute Gasteiger partial charge is 0.223 e. The first-order chi connectivity index (χ1) is 9.60. The van der Waals surface area contributed by atoms with Crippen molar-refractivity contribution in [2.45, 2.75) is 31.7 Å². The van der Waals surface area contributed by atoms with Gasteiger partial charge in [-0.1, -0.05) is 0 Å². The summed E-state index contributed by atoms with van der Waals surface area (Å²) in [7, 11) is 0. The Bertz CT molecular complexity index is 467. The van der Waals surface area contributed by atoms with Crippen molar-refractivity contribution in [2.24, 2.45) is 5.73 Å². The molecule has 1 aliphatic rings. The topological polar surface area (TPSA) is 64.3 Å². The van der Waals surface area contributed by atoms with Gasteiger partial charge in [-0.15, -0.1) is 0 Å². The molecular weight excluding hydrogens is 266 g/mol. The second kappa shape index (κ2) is 6.65. The highest BCUT2D eigenvalue weighted by Crippen LogP contribution is 2.24. The minimum absolute atomic E-state index is 0.0529. The average Bonchev–Trinajstić information content (AvgIpc) is 3.17. The minimum atomic E-state index is -0.768. The molecule has 1 amide bonds. The normalized spacial score (nSPS) is 14.2. The first-order valence-electron chi connectivity index (χ1n) is 6.70. The van der Waals surface area contributed by atoms with Crippen molar-refractivity contribution in [1.29, 1.82) is 0 Å². The van der Waals surface area contributed by atoms with Gasteiger partial charge >= 0.3 is 0 Å². The third-order valence-electron chi connectivity index (χ3n) is 3.01. The van der Waals surface area contributed by atoms with Crippen LogP contribution in [0.25, 0.3) is 0 Å². The van der Waals surface area contributed by atoms with Gasteiger partial charge in [0, 0.05) is 6.04 Å². The summed E-state index contributed by atoms with van der Waals surface area (Å²) in [6.07, 6.45) is 2.48. The third kappa shape index (κ3) is 4.16. The summed E-state index contributed by atoms with van der Waals surface area (Å²) in [4.78, 5) is 11.4. The fourth-order valence-corrected chi connectivity index (χ4v) is 1.83. The zero-order chi connectivity index (χ0) is 14.5. The highest BCUT2D eigenvalue weighted by atomic mass is 19.1. The van der Waals surface area contributed by atoms with Gasteiger partial charge in [-0.25, -0.2) is 8.78 Å². The predicted octanol–water partition coefficient (Wildman–Crippen LogP) is 1.51. The molecule has 0 aliphatic heterocycles. The van der Waals surface area contributed by atoms with E-state index in [1.807, 2.05) is 0 Å². The molecular formula is C14H18F2N2O2. The molecule has 20 heavy (non-hydrogen) atoms. The van der Waals surface area contributed by atoms with Crippen molar-refractivity contribution in [3.05, 3.63) is 29.3 Å². The van der Waals surface area contributed by atoms with E-state index in [4.69, 9.17) is 10.5 Å². The number of halogens is 2. The van der Waals surface area contributed by atoms with Crippen LogP contribution in [-0.2, 0) is 11.2 Å². The number of ether oxygens (including phenoxy) is 1. The lowest BCUT2D eigenvalue weighted by Gasteiger charge is -2.10. The molecule has 1 aromatic carbocycles. The highest BCUT2D eigenvalue weighted by molar-refractivity contribution is 5.76. The first kappa shape index (κ1) is 14.7. The number of amides is 1. The number of hydrogen-bond donors (Lipinski definition) is 2. The van der Waals surface area contributed by atoms with Crippen molar-refractivity contribution in [3.63, 3.8) is 0 Å². The van der Waals surface area contributed by atoms with Gasteiger partial charge in [0.05, 0.1) is 13.0 Å². The monoisotopic (exact) mass is 284 g/mol. The van der Waals surface area contributed by atoms with Gasteiger partial charge in [0.2, 0.25) is 5.91 Å². The molecule has 1 aliphatic carbocycles. The molecule has 3 N–H and O–H groups in total. The van der Waals surface area contributed by atoms with Crippen LogP contribution in [0.1, 0.15) is 24.8 Å². The first-order valence-corrected chi connectivity index (χ1v) is 6.70. The van der Waals surface area contributed by atoms with Gasteiger partial charge in [0.25, 0.3) is 0 Å². The Balaban J connectivity index is 1.86. The van der Waals surface area contributed by atoms with Gasteiger partial charge in [0.15, 0.2) is 17.4 Å². The van der Waals surface area contributed by atoms with Gasteiger partial charge in [0.1, 0.15) is 0 Å². The number of hydrogen-bond acceptors (Lipinski definition) is 3. The van der Waals surface area contributed by atoms with E-state index < -0.39 is 17.4 Å². The molecule has 4 nitrogen and oxygen atoms in total. The highest BCUT2D eigenvalue weighted by Gasteiger charge is 2.23. The van der Waals surface area contributed by atoms with Crippen molar-refractivity contribution >= 4 is 5.91 Å². The van der Waals surface area contributed by atoms with Crippen LogP contribution < -0.4 is 15.8 Å². The number of carbonyl (C=O) groups excluding carboxylic acids is 1. The second-order valence-corrected chi connectivity index (χ2v) is 4.87. The standard InChI is InChI=1S/C14H18F2N2O2/c15-11-7-9(3-5-17)8-12(16)14(11)20-6-4-13(19)18-10-1-2-10/h7-8,10H,1-6,17H2,(H,18,19). The number of nitrogens with one attached hydrogen (secondary N) is 1. The molecule has 1 fully saturated rings. The molecule has 6 heteroatoms. The van der Waals surface area contributed by atoms with Crippen molar-refractivity contribution in [1.82, 2.24) is 5.32 Å². The Morgan fingerprint density at radius 3 is 2.55 bits per heavy atom. The molecule has 0 aromatic heterocycles. The Morgan fingerprint density at radius 1 is 1.35 bits per heavy atom. The minimum Gasteiger partial charge on any atom is -0.487 e. The molecule has 0 radical (unpaired) electrons. The number of rotatable bonds is 7. The van der Waals surface area contributed by atoms with Crippen molar-refractivity contribution in [3.8, 4) is 5.75 Å². The SMILES string of the molecule is NCCc1cc(F)c(OCCC(=O)NC2CC2)c(F)c1. The summed E-state index contributed by atoms with van der Waals surface area (Å²) in [5.41, 5.74) is 5.82. The summed E-state index contributed by atoms with van der Waals surface area (Å²) in [5, 5.41) is 2.77. The summed E-state index contributed by atoms with van der Waals surface area (Å²) >= 11 is 0. The van der Waals surface area contributed by atoms with Crippen LogP contribution in [0.5, 0.6) is 5.75 Å². The van der Waals surface area contributed by atoms with E-state index in [0.29, 0.717) is 18.5 Å². The summed E-state index contributed by atoms with van der Waals surface area (Å²) in [6.45, 7) is 0.267. The predicted molar refractivity (Wildman–Crippen MR) is 70.4 cm³/mol. The summed E-state index contributed by atoms with van der Waals surface area (Å²) in [5.74, 6) is -2.13. The zero-order valence-electron chi connectivity index (χ0n) is 11.1. The van der Waals surface area contributed by atoms with E-state index in [2.05, 4.69) is 5.32 Å². The van der Waals surface area contributed by atoms with Gasteiger partial charge < -0.3 is 15.8 Å². The lowest BCUT2D eigenvalue weighted by Crippen LogP contribution is -2.26. The van der Waals surface area contributed by atoms with Crippen LogP contribution >= 0.6 is 0 Å². The van der Waals surface area contributed by atoms with E-state index in [0.717, 1.165) is 12.8 Å². The lowest BCUT2D eigenvalue weighted by atomic mass is 10.1. The van der Waals surface area contributed by atoms with Crippen molar-refractivity contribution in [2.75, 3.05) is 13.2 Å². The van der Waals surface area contributed by atoms with Crippen LogP contribution in [0.3, 0.4) is 0 Å². The molecule has 0 unspecified atom stereocenters. The van der Waals surface area contributed by atoms with Crippen LogP contribution in [0.15, 0.2) is 12.1 Å². The van der Waals surface area contributed by atoms with Crippen LogP contribution in [0, 0.1) is 11.6 Å². The quantitative estimate of drug-likeness (QED) is 0.798. The number of benzene rings is 1. The summed E-state index contributed by atoms with van der Waals surface area (Å²) < 4.78 is 32.4. The van der Waals surface area contributed by atoms with E-state index in [1.54, 1.807) is 0 Å². The average molecular weight is 284 g/mol. The maximum Gasteiger partial charge on any atom is 0.223 e. The van der Waals surface area contributed by atoms with E-state index in [-0.39, 0.29) is 25.0 Å². The molecule has 0 saturated heterocycles. The van der Waals surface area contributed by atoms with Crippen molar-refractivity contribution < 1.29 is 18.3 Å². The van der Waals surface area contributed by atoms with E-state index in [9.17, 15) is 13.6 Å². The Morgan fingerprint density at radius 2 is 2.00 bits per heavy atom. The maximum absolute atomic E-state index is 13.7. The maximum atomic E-state index is 13.7. The van der Waals surface area contributed by atoms with Gasteiger partial charge in [-0.3, -0.25) is 4.79 Å². The van der Waals surface area contributed by atoms with Gasteiger partial charge in [-0.2, -0.15) is 0 Å². The molecule has 0 heterocycles. The number of carbonyl (C=O) groups is 1. The molecule has 1 saturated carbocycles. The molecule has 110 valence electrons. The molecule has 0 atom stereocenters. The Kier molecular flexibility index (Phi) is 4.89. The largest absolute Gasteiger partial charge is 0.487 e.